The standard InChI is InChI=1S/C24H17FN2O3S/c25-19-2-1-3-20-22(19)31-21(12-15-8-10-18(11-9-15)24(29)30)23(28)27(20)14-17-6-4-16(13-26)5-7-17/h1-11,21H,12,14H2,(H,29,30)/t21-/m0/s1. The molecule has 3 aromatic carbocycles. The average Bonchev–Trinajstić information content (AvgIpc) is 2.78. The van der Waals surface area contributed by atoms with Crippen molar-refractivity contribution in [3.8, 4) is 6.07 Å². The molecule has 0 aromatic heterocycles. The molecule has 154 valence electrons. The van der Waals surface area contributed by atoms with Crippen molar-refractivity contribution in [1.29, 1.82) is 5.26 Å². The van der Waals surface area contributed by atoms with Gasteiger partial charge in [-0.05, 0) is 53.9 Å². The first-order chi connectivity index (χ1) is 15.0. The number of amides is 1. The van der Waals surface area contributed by atoms with Gasteiger partial charge in [-0.2, -0.15) is 5.26 Å². The molecule has 1 amide bonds. The predicted molar refractivity (Wildman–Crippen MR) is 115 cm³/mol. The van der Waals surface area contributed by atoms with Crippen LogP contribution in [0.3, 0.4) is 0 Å². The molecule has 1 aliphatic heterocycles. The number of carbonyl (C=O) groups is 2. The summed E-state index contributed by atoms with van der Waals surface area (Å²) in [6, 6.07) is 20.0. The van der Waals surface area contributed by atoms with Gasteiger partial charge in [0.05, 0.1) is 39.6 Å². The molecule has 1 heterocycles. The van der Waals surface area contributed by atoms with E-state index < -0.39 is 11.2 Å². The number of carbonyl (C=O) groups excluding carboxylic acids is 1. The smallest absolute Gasteiger partial charge is 0.335 e. The molecule has 7 heteroatoms. The summed E-state index contributed by atoms with van der Waals surface area (Å²) in [6.07, 6.45) is 0.348. The first-order valence-corrected chi connectivity index (χ1v) is 10.4. The second-order valence-electron chi connectivity index (χ2n) is 7.13. The number of benzene rings is 3. The van der Waals surface area contributed by atoms with E-state index in [-0.39, 0.29) is 23.8 Å². The molecule has 4 rings (SSSR count). The molecule has 0 saturated carbocycles. The van der Waals surface area contributed by atoms with Gasteiger partial charge in [0.1, 0.15) is 5.82 Å². The third-order valence-corrected chi connectivity index (χ3v) is 6.38. The molecule has 0 aliphatic carbocycles. The van der Waals surface area contributed by atoms with Crippen molar-refractivity contribution >= 4 is 29.3 Å². The summed E-state index contributed by atoms with van der Waals surface area (Å²) < 4.78 is 14.6. The number of nitriles is 1. The highest BCUT2D eigenvalue weighted by Gasteiger charge is 2.35. The van der Waals surface area contributed by atoms with Gasteiger partial charge < -0.3 is 10.0 Å². The number of nitrogens with zero attached hydrogens (tertiary/aromatic N) is 2. The third-order valence-electron chi connectivity index (χ3n) is 5.08. The van der Waals surface area contributed by atoms with E-state index in [0.717, 1.165) is 11.1 Å². The summed E-state index contributed by atoms with van der Waals surface area (Å²) in [5.74, 6) is -1.54. The Morgan fingerprint density at radius 3 is 2.39 bits per heavy atom. The zero-order valence-corrected chi connectivity index (χ0v) is 17.1. The van der Waals surface area contributed by atoms with Gasteiger partial charge in [0.15, 0.2) is 0 Å². The molecule has 0 radical (unpaired) electrons. The maximum atomic E-state index is 14.6. The molecule has 0 bridgehead atoms. The van der Waals surface area contributed by atoms with Gasteiger partial charge >= 0.3 is 5.97 Å². The average molecular weight is 432 g/mol. The van der Waals surface area contributed by atoms with Gasteiger partial charge in [-0.15, -0.1) is 11.8 Å². The van der Waals surface area contributed by atoms with Crippen LogP contribution in [0.25, 0.3) is 0 Å². The minimum Gasteiger partial charge on any atom is -0.478 e. The SMILES string of the molecule is N#Cc1ccc(CN2C(=O)[C@H](Cc3ccc(C(=O)O)cc3)Sc3c(F)cccc32)cc1. The molecular weight excluding hydrogens is 415 g/mol. The van der Waals surface area contributed by atoms with Crippen LogP contribution in [0.1, 0.15) is 27.0 Å². The number of hydrogen-bond donors (Lipinski definition) is 1. The van der Waals surface area contributed by atoms with E-state index in [1.54, 1.807) is 53.4 Å². The highest BCUT2D eigenvalue weighted by molar-refractivity contribution is 8.01. The summed E-state index contributed by atoms with van der Waals surface area (Å²) in [5.41, 5.74) is 2.86. The molecule has 3 aromatic rings. The Morgan fingerprint density at radius 1 is 1.06 bits per heavy atom. The zero-order chi connectivity index (χ0) is 22.0. The maximum absolute atomic E-state index is 14.6. The fraction of sp³-hybridized carbons (Fsp3) is 0.125. The minimum absolute atomic E-state index is 0.144. The molecule has 0 fully saturated rings. The lowest BCUT2D eigenvalue weighted by molar-refractivity contribution is -0.118. The molecule has 0 spiro atoms. The topological polar surface area (TPSA) is 81.4 Å². The van der Waals surface area contributed by atoms with Gasteiger partial charge in [-0.1, -0.05) is 30.3 Å². The van der Waals surface area contributed by atoms with Crippen LogP contribution in [0, 0.1) is 17.1 Å². The van der Waals surface area contributed by atoms with Crippen LogP contribution < -0.4 is 4.90 Å². The van der Waals surface area contributed by atoms with E-state index in [1.165, 1.54) is 30.0 Å². The van der Waals surface area contributed by atoms with Crippen molar-refractivity contribution in [1.82, 2.24) is 0 Å². The largest absolute Gasteiger partial charge is 0.478 e. The number of carboxylic acids is 1. The van der Waals surface area contributed by atoms with Crippen molar-refractivity contribution < 1.29 is 19.1 Å². The lowest BCUT2D eigenvalue weighted by atomic mass is 10.1. The maximum Gasteiger partial charge on any atom is 0.335 e. The third kappa shape index (κ3) is 4.30. The van der Waals surface area contributed by atoms with Gasteiger partial charge in [-0.3, -0.25) is 4.79 Å². The number of carboxylic acid groups (broad SMARTS) is 1. The number of thioether (sulfide) groups is 1. The fourth-order valence-electron chi connectivity index (χ4n) is 3.47. The van der Waals surface area contributed by atoms with E-state index in [1.807, 2.05) is 0 Å². The van der Waals surface area contributed by atoms with Crippen molar-refractivity contribution in [2.24, 2.45) is 0 Å². The van der Waals surface area contributed by atoms with Crippen LogP contribution >= 0.6 is 11.8 Å². The number of hydrogen-bond acceptors (Lipinski definition) is 4. The van der Waals surface area contributed by atoms with Gasteiger partial charge in [-0.25, -0.2) is 9.18 Å². The first-order valence-electron chi connectivity index (χ1n) is 9.54. The normalized spacial score (nSPS) is 15.3. The summed E-state index contributed by atoms with van der Waals surface area (Å²) in [4.78, 5) is 26.4. The summed E-state index contributed by atoms with van der Waals surface area (Å²) in [7, 11) is 0. The van der Waals surface area contributed by atoms with Crippen LogP contribution in [0.15, 0.2) is 71.6 Å². The van der Waals surface area contributed by atoms with Gasteiger partial charge in [0.2, 0.25) is 5.91 Å². The van der Waals surface area contributed by atoms with Crippen LogP contribution in [0.4, 0.5) is 10.1 Å². The first kappa shape index (κ1) is 20.6. The Labute approximate surface area is 182 Å². The second-order valence-corrected chi connectivity index (χ2v) is 8.35. The molecule has 0 saturated heterocycles. The monoisotopic (exact) mass is 432 g/mol. The van der Waals surface area contributed by atoms with E-state index >= 15 is 0 Å². The molecule has 1 N–H and O–H groups in total. The van der Waals surface area contributed by atoms with Crippen molar-refractivity contribution in [2.75, 3.05) is 4.90 Å². The van der Waals surface area contributed by atoms with E-state index in [0.29, 0.717) is 22.6 Å². The van der Waals surface area contributed by atoms with E-state index in [9.17, 15) is 14.0 Å². The van der Waals surface area contributed by atoms with Crippen LogP contribution in [0.2, 0.25) is 0 Å². The van der Waals surface area contributed by atoms with Gasteiger partial charge in [0, 0.05) is 0 Å². The lowest BCUT2D eigenvalue weighted by Crippen LogP contribution is -2.41. The van der Waals surface area contributed by atoms with Crippen molar-refractivity contribution in [2.45, 2.75) is 23.1 Å². The van der Waals surface area contributed by atoms with Crippen molar-refractivity contribution in [3.05, 3.63) is 94.8 Å². The van der Waals surface area contributed by atoms with Gasteiger partial charge in [0.25, 0.3) is 0 Å². The highest BCUT2D eigenvalue weighted by atomic mass is 32.2. The number of aromatic carboxylic acids is 1. The molecular formula is C24H17FN2O3S. The quantitative estimate of drug-likeness (QED) is 0.635. The Hall–Kier alpha value is -3.63. The van der Waals surface area contributed by atoms with E-state index in [2.05, 4.69) is 6.07 Å². The lowest BCUT2D eigenvalue weighted by Gasteiger charge is -2.34. The zero-order valence-electron chi connectivity index (χ0n) is 16.3. The van der Waals surface area contributed by atoms with Crippen molar-refractivity contribution in [3.63, 3.8) is 0 Å². The second kappa shape index (κ2) is 8.62. The minimum atomic E-state index is -1.01. The summed E-state index contributed by atoms with van der Waals surface area (Å²) in [6.45, 7) is 0.260. The Kier molecular flexibility index (Phi) is 5.74. The summed E-state index contributed by atoms with van der Waals surface area (Å²) in [5, 5.41) is 17.5. The number of fused-ring (bicyclic) bond motifs is 1. The molecule has 31 heavy (non-hydrogen) atoms. The number of rotatable bonds is 5. The molecule has 0 unspecified atom stereocenters. The molecule has 1 atom stereocenters. The number of halogens is 1. The highest BCUT2D eigenvalue weighted by Crippen LogP contribution is 2.42. The predicted octanol–water partition coefficient (Wildman–Crippen LogP) is 4.65. The Bertz CT molecular complexity index is 1190. The molecule has 5 nitrogen and oxygen atoms in total. The number of anilines is 1. The summed E-state index contributed by atoms with van der Waals surface area (Å²) >= 11 is 1.19. The van der Waals surface area contributed by atoms with Crippen LogP contribution in [-0.2, 0) is 17.8 Å². The van der Waals surface area contributed by atoms with E-state index in [4.69, 9.17) is 10.4 Å². The van der Waals surface area contributed by atoms with Crippen LogP contribution in [0.5, 0.6) is 0 Å². The Morgan fingerprint density at radius 2 is 1.74 bits per heavy atom. The Balaban J connectivity index is 1.64. The fourth-order valence-corrected chi connectivity index (χ4v) is 4.74. The molecule has 1 aliphatic rings. The van der Waals surface area contributed by atoms with Crippen LogP contribution in [-0.4, -0.2) is 22.2 Å².